The Morgan fingerprint density at radius 1 is 1.47 bits per heavy atom. The number of carbonyl (C=O) groups is 1. The predicted octanol–water partition coefficient (Wildman–Crippen LogP) is 1.59. The highest BCUT2D eigenvalue weighted by Gasteiger charge is 2.18. The number of nitrogens with zero attached hydrogens (tertiary/aromatic N) is 1. The maximum Gasteiger partial charge on any atom is 0.271 e. The molecule has 0 bridgehead atoms. The van der Waals surface area contributed by atoms with E-state index in [9.17, 15) is 19.3 Å². The lowest BCUT2D eigenvalue weighted by Crippen LogP contribution is -2.36. The van der Waals surface area contributed by atoms with Crippen LogP contribution in [0.3, 0.4) is 0 Å². The molecule has 1 saturated heterocycles. The van der Waals surface area contributed by atoms with Crippen molar-refractivity contribution in [3.63, 3.8) is 0 Å². The van der Waals surface area contributed by atoms with Crippen molar-refractivity contribution in [3.8, 4) is 0 Å². The number of hydrogen-bond acceptors (Lipinski definition) is 4. The first-order chi connectivity index (χ1) is 8.99. The first-order valence-corrected chi connectivity index (χ1v) is 5.63. The molecule has 1 fully saturated rings. The van der Waals surface area contributed by atoms with Crippen molar-refractivity contribution in [2.45, 2.75) is 6.92 Å². The van der Waals surface area contributed by atoms with Crippen LogP contribution in [0.5, 0.6) is 0 Å². The molecule has 0 atom stereocenters. The molecule has 19 heavy (non-hydrogen) atoms. The first-order valence-electron chi connectivity index (χ1n) is 5.63. The summed E-state index contributed by atoms with van der Waals surface area (Å²) in [5.41, 5.74) is 0.992. The molecule has 0 spiro atoms. The Hall–Kier alpha value is -2.28. The topological polar surface area (TPSA) is 84.3 Å². The van der Waals surface area contributed by atoms with Gasteiger partial charge < -0.3 is 10.6 Å². The smallest absolute Gasteiger partial charge is 0.271 e. The fraction of sp³-hybridized carbons (Fsp3) is 0.250. The SMILES string of the molecule is CC(C(=O)Nc1cc([N+](=O)[O-])ccc1F)=C1CNC1. The Balaban J connectivity index is 2.21. The van der Waals surface area contributed by atoms with Crippen LogP contribution in [0.1, 0.15) is 6.92 Å². The summed E-state index contributed by atoms with van der Waals surface area (Å²) >= 11 is 0. The maximum absolute atomic E-state index is 13.5. The van der Waals surface area contributed by atoms with Crippen LogP contribution in [0.2, 0.25) is 0 Å². The highest BCUT2D eigenvalue weighted by Crippen LogP contribution is 2.22. The lowest BCUT2D eigenvalue weighted by Gasteiger charge is -2.21. The molecule has 1 aliphatic heterocycles. The second kappa shape index (κ2) is 5.15. The standard InChI is InChI=1S/C12H12FN3O3/c1-7(8-5-14-6-8)12(17)15-11-4-9(16(18)19)2-3-10(11)13/h2-4,14H,5-6H2,1H3,(H,15,17). The predicted molar refractivity (Wildman–Crippen MR) is 67.3 cm³/mol. The number of non-ortho nitro benzene ring substituents is 1. The average molecular weight is 265 g/mol. The van der Waals surface area contributed by atoms with Crippen LogP contribution in [0.4, 0.5) is 15.8 Å². The van der Waals surface area contributed by atoms with Crippen LogP contribution in [0.25, 0.3) is 0 Å². The second-order valence-corrected chi connectivity index (χ2v) is 4.21. The summed E-state index contributed by atoms with van der Waals surface area (Å²) in [7, 11) is 0. The zero-order valence-corrected chi connectivity index (χ0v) is 10.2. The summed E-state index contributed by atoms with van der Waals surface area (Å²) in [4.78, 5) is 21.8. The third kappa shape index (κ3) is 2.76. The third-order valence-electron chi connectivity index (χ3n) is 2.96. The van der Waals surface area contributed by atoms with Crippen LogP contribution in [0.15, 0.2) is 29.3 Å². The Labute approximate surface area is 108 Å². The minimum atomic E-state index is -0.705. The van der Waals surface area contributed by atoms with Gasteiger partial charge in [0.05, 0.1) is 10.6 Å². The maximum atomic E-state index is 13.5. The molecule has 1 aliphatic rings. The lowest BCUT2D eigenvalue weighted by atomic mass is 10.0. The van der Waals surface area contributed by atoms with Gasteiger partial charge in [-0.25, -0.2) is 4.39 Å². The Morgan fingerprint density at radius 2 is 2.16 bits per heavy atom. The quantitative estimate of drug-likeness (QED) is 0.494. The second-order valence-electron chi connectivity index (χ2n) is 4.21. The van der Waals surface area contributed by atoms with Gasteiger partial charge in [-0.15, -0.1) is 0 Å². The van der Waals surface area contributed by atoms with Crippen LogP contribution in [-0.2, 0) is 4.79 Å². The Bertz CT molecular complexity index is 578. The van der Waals surface area contributed by atoms with Crippen molar-refractivity contribution in [2.75, 3.05) is 18.4 Å². The first kappa shape index (κ1) is 13.2. The molecular weight excluding hydrogens is 253 g/mol. The largest absolute Gasteiger partial charge is 0.320 e. The normalized spacial score (nSPS) is 13.7. The number of nitro benzene ring substituents is 1. The number of amides is 1. The van der Waals surface area contributed by atoms with Crippen molar-refractivity contribution in [1.29, 1.82) is 0 Å². The molecule has 2 rings (SSSR count). The summed E-state index contributed by atoms with van der Waals surface area (Å²) in [6.45, 7) is 2.91. The number of nitro groups is 1. The van der Waals surface area contributed by atoms with Gasteiger partial charge in [-0.3, -0.25) is 14.9 Å². The number of hydrogen-bond donors (Lipinski definition) is 2. The van der Waals surface area contributed by atoms with Gasteiger partial charge in [0.2, 0.25) is 0 Å². The zero-order valence-electron chi connectivity index (χ0n) is 10.2. The molecule has 0 aliphatic carbocycles. The van der Waals surface area contributed by atoms with E-state index in [1.165, 1.54) is 0 Å². The van der Waals surface area contributed by atoms with E-state index >= 15 is 0 Å². The van der Waals surface area contributed by atoms with E-state index in [0.717, 1.165) is 23.8 Å². The molecule has 0 radical (unpaired) electrons. The zero-order chi connectivity index (χ0) is 14.0. The number of nitrogens with one attached hydrogen (secondary N) is 2. The molecule has 1 aromatic rings. The minimum absolute atomic E-state index is 0.188. The van der Waals surface area contributed by atoms with Gasteiger partial charge in [0.15, 0.2) is 0 Å². The van der Waals surface area contributed by atoms with Gasteiger partial charge >= 0.3 is 0 Å². The fourth-order valence-corrected chi connectivity index (χ4v) is 1.61. The Kier molecular flexibility index (Phi) is 3.57. The van der Waals surface area contributed by atoms with Crippen LogP contribution in [-0.4, -0.2) is 23.9 Å². The van der Waals surface area contributed by atoms with Crippen molar-refractivity contribution in [1.82, 2.24) is 5.32 Å². The molecular formula is C12H12FN3O3. The number of benzene rings is 1. The molecule has 100 valence electrons. The fourth-order valence-electron chi connectivity index (χ4n) is 1.61. The molecule has 7 heteroatoms. The number of carbonyl (C=O) groups excluding carboxylic acids is 1. The molecule has 0 aromatic heterocycles. The molecule has 0 saturated carbocycles. The van der Waals surface area contributed by atoms with E-state index in [2.05, 4.69) is 10.6 Å². The van der Waals surface area contributed by atoms with Crippen molar-refractivity contribution >= 4 is 17.3 Å². The van der Waals surface area contributed by atoms with E-state index in [-0.39, 0.29) is 11.4 Å². The minimum Gasteiger partial charge on any atom is -0.320 e. The van der Waals surface area contributed by atoms with Gasteiger partial charge in [-0.2, -0.15) is 0 Å². The van der Waals surface area contributed by atoms with Gasteiger partial charge in [0.1, 0.15) is 5.82 Å². The van der Waals surface area contributed by atoms with E-state index in [1.807, 2.05) is 0 Å². The molecule has 6 nitrogen and oxygen atoms in total. The Morgan fingerprint density at radius 3 is 2.68 bits per heavy atom. The summed E-state index contributed by atoms with van der Waals surface area (Å²) in [5.74, 6) is -1.15. The van der Waals surface area contributed by atoms with Gasteiger partial charge in [0.25, 0.3) is 11.6 Å². The monoisotopic (exact) mass is 265 g/mol. The summed E-state index contributed by atoms with van der Waals surface area (Å²) in [5, 5.41) is 15.9. The highest BCUT2D eigenvalue weighted by atomic mass is 19.1. The van der Waals surface area contributed by atoms with Crippen molar-refractivity contribution in [3.05, 3.63) is 45.3 Å². The van der Waals surface area contributed by atoms with Crippen molar-refractivity contribution in [2.24, 2.45) is 0 Å². The van der Waals surface area contributed by atoms with E-state index in [1.54, 1.807) is 6.92 Å². The molecule has 1 aromatic carbocycles. The molecule has 0 unspecified atom stereocenters. The van der Waals surface area contributed by atoms with Crippen molar-refractivity contribution < 1.29 is 14.1 Å². The summed E-state index contributed by atoms with van der Waals surface area (Å²) in [6.07, 6.45) is 0. The van der Waals surface area contributed by atoms with E-state index in [4.69, 9.17) is 0 Å². The third-order valence-corrected chi connectivity index (χ3v) is 2.96. The molecule has 1 heterocycles. The van der Waals surface area contributed by atoms with E-state index in [0.29, 0.717) is 18.7 Å². The summed E-state index contributed by atoms with van der Waals surface area (Å²) in [6, 6.07) is 3.01. The van der Waals surface area contributed by atoms with E-state index < -0.39 is 16.6 Å². The summed E-state index contributed by atoms with van der Waals surface area (Å²) < 4.78 is 13.5. The van der Waals surface area contributed by atoms with Gasteiger partial charge in [0, 0.05) is 30.8 Å². The van der Waals surface area contributed by atoms with Crippen LogP contribution >= 0.6 is 0 Å². The number of rotatable bonds is 3. The molecule has 1 amide bonds. The van der Waals surface area contributed by atoms with Crippen LogP contribution in [0, 0.1) is 15.9 Å². The highest BCUT2D eigenvalue weighted by molar-refractivity contribution is 6.04. The number of halogens is 1. The molecule has 2 N–H and O–H groups in total. The average Bonchev–Trinajstić information content (AvgIpc) is 2.29. The number of anilines is 1. The van der Waals surface area contributed by atoms with Gasteiger partial charge in [-0.1, -0.05) is 0 Å². The lowest BCUT2D eigenvalue weighted by molar-refractivity contribution is -0.384. The van der Waals surface area contributed by atoms with Crippen LogP contribution < -0.4 is 10.6 Å². The van der Waals surface area contributed by atoms with Gasteiger partial charge in [-0.05, 0) is 18.6 Å².